The maximum atomic E-state index is 11.0. The van der Waals surface area contributed by atoms with Gasteiger partial charge in [0.15, 0.2) is 0 Å². The highest BCUT2D eigenvalue weighted by molar-refractivity contribution is 5.66. The van der Waals surface area contributed by atoms with E-state index < -0.39 is 0 Å². The highest BCUT2D eigenvalue weighted by Gasteiger charge is 2.16. The fourth-order valence-corrected chi connectivity index (χ4v) is 1.68. The van der Waals surface area contributed by atoms with E-state index in [9.17, 15) is 10.1 Å². The topological polar surface area (TPSA) is 73.6 Å². The third-order valence-corrected chi connectivity index (χ3v) is 2.51. The zero-order valence-corrected chi connectivity index (χ0v) is 11.3. The van der Waals surface area contributed by atoms with E-state index in [0.29, 0.717) is 38.7 Å². The van der Waals surface area contributed by atoms with Crippen LogP contribution in [0, 0.1) is 10.1 Å². The van der Waals surface area contributed by atoms with Crippen LogP contribution in [-0.4, -0.2) is 31.3 Å². The molecule has 0 bridgehead atoms. The lowest BCUT2D eigenvalue weighted by atomic mass is 10.1. The van der Waals surface area contributed by atoms with Crippen LogP contribution in [0.3, 0.4) is 0 Å². The van der Waals surface area contributed by atoms with Crippen molar-refractivity contribution in [3.8, 4) is 0 Å². The van der Waals surface area contributed by atoms with Gasteiger partial charge in [0.05, 0.1) is 24.7 Å². The van der Waals surface area contributed by atoms with Crippen molar-refractivity contribution in [1.29, 1.82) is 0 Å². The van der Waals surface area contributed by atoms with Crippen LogP contribution in [0.4, 0.5) is 11.4 Å². The number of nitro benzene ring substituents is 1. The lowest BCUT2D eigenvalue weighted by Crippen LogP contribution is -2.08. The average molecular weight is 268 g/mol. The number of nitrogens with zero attached hydrogens (tertiary/aromatic N) is 1. The molecule has 0 heterocycles. The van der Waals surface area contributed by atoms with E-state index in [2.05, 4.69) is 5.32 Å². The second kappa shape index (κ2) is 8.44. The maximum Gasteiger partial charge on any atom is 0.292 e. The van der Waals surface area contributed by atoms with E-state index in [0.717, 1.165) is 5.56 Å². The predicted octanol–water partition coefficient (Wildman–Crippen LogP) is 2.58. The number of hydrogen-bond acceptors (Lipinski definition) is 5. The molecular weight excluding hydrogens is 248 g/mol. The van der Waals surface area contributed by atoms with Crippen LogP contribution >= 0.6 is 0 Å². The van der Waals surface area contributed by atoms with Crippen LogP contribution in [0.25, 0.3) is 0 Å². The summed E-state index contributed by atoms with van der Waals surface area (Å²) in [7, 11) is 0. The summed E-state index contributed by atoms with van der Waals surface area (Å²) < 4.78 is 10.6. The van der Waals surface area contributed by atoms with Crippen molar-refractivity contribution < 1.29 is 14.4 Å². The van der Waals surface area contributed by atoms with Crippen molar-refractivity contribution in [2.24, 2.45) is 0 Å². The first-order chi connectivity index (χ1) is 9.20. The molecule has 0 aliphatic carbocycles. The van der Waals surface area contributed by atoms with Crippen LogP contribution in [0.1, 0.15) is 19.4 Å². The Bertz CT molecular complexity index is 410. The maximum absolute atomic E-state index is 11.0. The molecule has 1 N–H and O–H groups in total. The molecule has 1 aromatic rings. The Morgan fingerprint density at radius 2 is 2.00 bits per heavy atom. The molecule has 0 radical (unpaired) electrons. The van der Waals surface area contributed by atoms with Gasteiger partial charge in [-0.25, -0.2) is 0 Å². The minimum absolute atomic E-state index is 0.0766. The number of nitrogens with one attached hydrogen (secondary N) is 1. The number of anilines is 1. The van der Waals surface area contributed by atoms with Gasteiger partial charge in [0.25, 0.3) is 5.69 Å². The fraction of sp³-hybridized carbons (Fsp3) is 0.538. The van der Waals surface area contributed by atoms with Gasteiger partial charge in [0.2, 0.25) is 0 Å². The lowest BCUT2D eigenvalue weighted by molar-refractivity contribution is -0.384. The van der Waals surface area contributed by atoms with E-state index in [1.165, 1.54) is 6.07 Å². The molecule has 0 saturated heterocycles. The molecule has 0 aliphatic heterocycles. The summed E-state index contributed by atoms with van der Waals surface area (Å²) in [6.45, 7) is 6.43. The molecule has 0 unspecified atom stereocenters. The number of benzene rings is 1. The van der Waals surface area contributed by atoms with Crippen molar-refractivity contribution in [2.75, 3.05) is 31.7 Å². The first kappa shape index (κ1) is 15.4. The largest absolute Gasteiger partial charge is 0.379 e. The first-order valence-electron chi connectivity index (χ1n) is 6.36. The Hall–Kier alpha value is -1.66. The number of rotatable bonds is 9. The van der Waals surface area contributed by atoms with Crippen LogP contribution in [0.2, 0.25) is 0 Å². The third-order valence-electron chi connectivity index (χ3n) is 2.51. The molecule has 6 nitrogen and oxygen atoms in total. The van der Waals surface area contributed by atoms with E-state index in [4.69, 9.17) is 9.47 Å². The quantitative estimate of drug-likeness (QED) is 0.423. The van der Waals surface area contributed by atoms with Crippen LogP contribution < -0.4 is 5.32 Å². The molecule has 1 aromatic carbocycles. The predicted molar refractivity (Wildman–Crippen MR) is 73.4 cm³/mol. The zero-order chi connectivity index (χ0) is 14.1. The van der Waals surface area contributed by atoms with Gasteiger partial charge in [-0.05, 0) is 13.8 Å². The van der Waals surface area contributed by atoms with Crippen molar-refractivity contribution in [3.05, 3.63) is 33.9 Å². The standard InChI is InChI=1S/C13H20N2O4/c1-3-14-13-11(10-19-9-8-18-4-2)6-5-7-12(13)15(16)17/h5-7,14H,3-4,8-10H2,1-2H3. The monoisotopic (exact) mass is 268 g/mol. The molecule has 0 aromatic heterocycles. The van der Waals surface area contributed by atoms with Crippen molar-refractivity contribution in [2.45, 2.75) is 20.5 Å². The fourth-order valence-electron chi connectivity index (χ4n) is 1.68. The SMILES string of the molecule is CCNc1c(COCCOCC)cccc1[N+](=O)[O-]. The second-order valence-corrected chi connectivity index (χ2v) is 3.85. The molecule has 0 spiro atoms. The van der Waals surface area contributed by atoms with Gasteiger partial charge in [0, 0.05) is 24.8 Å². The van der Waals surface area contributed by atoms with Gasteiger partial charge in [-0.15, -0.1) is 0 Å². The summed E-state index contributed by atoms with van der Waals surface area (Å²) in [4.78, 5) is 10.6. The summed E-state index contributed by atoms with van der Waals surface area (Å²) in [5, 5.41) is 14.0. The van der Waals surface area contributed by atoms with Gasteiger partial charge in [-0.3, -0.25) is 10.1 Å². The van der Waals surface area contributed by atoms with Gasteiger partial charge in [0.1, 0.15) is 5.69 Å². The number of para-hydroxylation sites is 1. The van der Waals surface area contributed by atoms with Crippen LogP contribution in [-0.2, 0) is 16.1 Å². The van der Waals surface area contributed by atoms with Gasteiger partial charge in [-0.1, -0.05) is 12.1 Å². The molecule has 19 heavy (non-hydrogen) atoms. The van der Waals surface area contributed by atoms with Gasteiger partial charge < -0.3 is 14.8 Å². The van der Waals surface area contributed by atoms with Crippen molar-refractivity contribution in [1.82, 2.24) is 0 Å². The minimum atomic E-state index is -0.387. The normalized spacial score (nSPS) is 10.4. The van der Waals surface area contributed by atoms with Crippen molar-refractivity contribution >= 4 is 11.4 Å². The number of hydrogen-bond donors (Lipinski definition) is 1. The van der Waals surface area contributed by atoms with E-state index in [1.54, 1.807) is 6.07 Å². The number of ether oxygens (including phenoxy) is 2. The van der Waals surface area contributed by atoms with Crippen LogP contribution in [0.15, 0.2) is 18.2 Å². The Morgan fingerprint density at radius 3 is 2.63 bits per heavy atom. The highest BCUT2D eigenvalue weighted by Crippen LogP contribution is 2.28. The van der Waals surface area contributed by atoms with E-state index >= 15 is 0 Å². The highest BCUT2D eigenvalue weighted by atomic mass is 16.6. The molecule has 0 saturated carbocycles. The Balaban J connectivity index is 2.70. The number of nitro groups is 1. The molecule has 0 fully saturated rings. The van der Waals surface area contributed by atoms with E-state index in [1.807, 2.05) is 19.9 Å². The summed E-state index contributed by atoms with van der Waals surface area (Å²) in [5.41, 5.74) is 1.40. The van der Waals surface area contributed by atoms with Crippen molar-refractivity contribution in [3.63, 3.8) is 0 Å². The molecule has 0 atom stereocenters. The Labute approximate surface area is 112 Å². The second-order valence-electron chi connectivity index (χ2n) is 3.85. The summed E-state index contributed by atoms with van der Waals surface area (Å²) in [6.07, 6.45) is 0. The Kier molecular flexibility index (Phi) is 6.84. The first-order valence-corrected chi connectivity index (χ1v) is 6.36. The third kappa shape index (κ3) is 4.84. The molecule has 106 valence electrons. The van der Waals surface area contributed by atoms with E-state index in [-0.39, 0.29) is 10.6 Å². The summed E-state index contributed by atoms with van der Waals surface area (Å²) in [6, 6.07) is 4.98. The molecule has 6 heteroatoms. The zero-order valence-electron chi connectivity index (χ0n) is 11.3. The smallest absolute Gasteiger partial charge is 0.292 e. The average Bonchev–Trinajstić information content (AvgIpc) is 2.40. The summed E-state index contributed by atoms with van der Waals surface area (Å²) >= 11 is 0. The molecule has 0 aliphatic rings. The van der Waals surface area contributed by atoms with Crippen LogP contribution in [0.5, 0.6) is 0 Å². The van der Waals surface area contributed by atoms with Gasteiger partial charge >= 0.3 is 0 Å². The van der Waals surface area contributed by atoms with Gasteiger partial charge in [-0.2, -0.15) is 0 Å². The molecular formula is C13H20N2O4. The minimum Gasteiger partial charge on any atom is -0.379 e. The molecule has 0 amide bonds. The molecule has 1 rings (SSSR count). The lowest BCUT2D eigenvalue weighted by Gasteiger charge is -2.11. The summed E-state index contributed by atoms with van der Waals surface area (Å²) in [5.74, 6) is 0. The Morgan fingerprint density at radius 1 is 1.26 bits per heavy atom.